The summed E-state index contributed by atoms with van der Waals surface area (Å²) in [7, 11) is 0. The average Bonchev–Trinajstić information content (AvgIpc) is 2.37. The van der Waals surface area contributed by atoms with Gasteiger partial charge < -0.3 is 9.84 Å². The van der Waals surface area contributed by atoms with Crippen LogP contribution in [0.2, 0.25) is 0 Å². The van der Waals surface area contributed by atoms with Crippen LogP contribution in [-0.4, -0.2) is 11.1 Å². The molecule has 104 valence electrons. The fraction of sp³-hybridized carbons (Fsp3) is 0.133. The van der Waals surface area contributed by atoms with Crippen LogP contribution < -0.4 is 4.74 Å². The zero-order valence-electron chi connectivity index (χ0n) is 10.9. The number of aromatic carboxylic acids is 1. The largest absolute Gasteiger partial charge is 0.478 e. The zero-order chi connectivity index (χ0) is 14.9. The van der Waals surface area contributed by atoms with Gasteiger partial charge in [0, 0.05) is 0 Å². The van der Waals surface area contributed by atoms with Crippen LogP contribution in [0.5, 0.6) is 11.5 Å². The Hall–Kier alpha value is -2.43. The third kappa shape index (κ3) is 2.77. The normalized spacial score (nSPS) is 10.4. The van der Waals surface area contributed by atoms with Gasteiger partial charge in [-0.3, -0.25) is 0 Å². The molecule has 0 saturated heterocycles. The highest BCUT2D eigenvalue weighted by atomic mass is 19.1. The third-order valence-electron chi connectivity index (χ3n) is 2.80. The second kappa shape index (κ2) is 5.28. The Morgan fingerprint density at radius 2 is 1.70 bits per heavy atom. The standard InChI is InChI=1S/C15H12F2O3/c1-8-3-4-9(2)13(5-8)20-14-11(16)6-10(15(18)19)7-12(14)17/h3-7H,1-2H3,(H,18,19). The molecule has 0 bridgehead atoms. The van der Waals surface area contributed by atoms with Crippen LogP contribution in [0, 0.1) is 25.5 Å². The highest BCUT2D eigenvalue weighted by Crippen LogP contribution is 2.31. The fourth-order valence-corrected chi connectivity index (χ4v) is 1.71. The van der Waals surface area contributed by atoms with Crippen molar-refractivity contribution in [3.05, 3.63) is 58.7 Å². The maximum atomic E-state index is 13.8. The SMILES string of the molecule is Cc1ccc(C)c(Oc2c(F)cc(C(=O)O)cc2F)c1. The van der Waals surface area contributed by atoms with Gasteiger partial charge in [-0.2, -0.15) is 0 Å². The van der Waals surface area contributed by atoms with Crippen LogP contribution in [0.15, 0.2) is 30.3 Å². The average molecular weight is 278 g/mol. The number of hydrogen-bond acceptors (Lipinski definition) is 2. The van der Waals surface area contributed by atoms with Crippen molar-refractivity contribution in [2.45, 2.75) is 13.8 Å². The molecular formula is C15H12F2O3. The molecule has 0 radical (unpaired) electrons. The Morgan fingerprint density at radius 3 is 2.25 bits per heavy atom. The Labute approximate surface area is 114 Å². The van der Waals surface area contributed by atoms with Gasteiger partial charge in [-0.1, -0.05) is 12.1 Å². The summed E-state index contributed by atoms with van der Waals surface area (Å²) in [5.41, 5.74) is 1.14. The summed E-state index contributed by atoms with van der Waals surface area (Å²) >= 11 is 0. The van der Waals surface area contributed by atoms with Crippen LogP contribution in [0.3, 0.4) is 0 Å². The molecule has 0 saturated carbocycles. The Morgan fingerprint density at radius 1 is 1.10 bits per heavy atom. The summed E-state index contributed by atoms with van der Waals surface area (Å²) in [5.74, 6) is -3.79. The molecular weight excluding hydrogens is 266 g/mol. The van der Waals surface area contributed by atoms with E-state index >= 15 is 0 Å². The quantitative estimate of drug-likeness (QED) is 0.920. The molecule has 5 heteroatoms. The Balaban J connectivity index is 2.44. The van der Waals surface area contributed by atoms with Gasteiger partial charge in [0.25, 0.3) is 0 Å². The molecule has 2 aromatic rings. The summed E-state index contributed by atoms with van der Waals surface area (Å²) in [5, 5.41) is 8.72. The number of benzene rings is 2. The van der Waals surface area contributed by atoms with Gasteiger partial charge >= 0.3 is 5.97 Å². The summed E-state index contributed by atoms with van der Waals surface area (Å²) in [6.45, 7) is 3.57. The van der Waals surface area contributed by atoms with Gasteiger partial charge in [-0.25, -0.2) is 13.6 Å². The van der Waals surface area contributed by atoms with Gasteiger partial charge in [0.1, 0.15) is 5.75 Å². The van der Waals surface area contributed by atoms with E-state index < -0.39 is 28.9 Å². The molecule has 2 aromatic carbocycles. The van der Waals surface area contributed by atoms with Crippen molar-refractivity contribution in [3.8, 4) is 11.5 Å². The Kier molecular flexibility index (Phi) is 3.70. The van der Waals surface area contributed by atoms with Crippen LogP contribution in [0.25, 0.3) is 0 Å². The topological polar surface area (TPSA) is 46.5 Å². The van der Waals surface area contributed by atoms with Crippen LogP contribution in [0.4, 0.5) is 8.78 Å². The van der Waals surface area contributed by atoms with E-state index in [1.165, 1.54) is 0 Å². The number of ether oxygens (including phenoxy) is 1. The number of carboxylic acid groups (broad SMARTS) is 1. The number of hydrogen-bond donors (Lipinski definition) is 1. The third-order valence-corrected chi connectivity index (χ3v) is 2.80. The number of rotatable bonds is 3. The van der Waals surface area contributed by atoms with Crippen LogP contribution in [0.1, 0.15) is 21.5 Å². The predicted molar refractivity (Wildman–Crippen MR) is 69.3 cm³/mol. The summed E-state index contributed by atoms with van der Waals surface area (Å²) < 4.78 is 32.8. The minimum absolute atomic E-state index is 0.325. The summed E-state index contributed by atoms with van der Waals surface area (Å²) in [6, 6.07) is 6.73. The lowest BCUT2D eigenvalue weighted by molar-refractivity contribution is 0.0695. The van der Waals surface area contributed by atoms with E-state index in [4.69, 9.17) is 9.84 Å². The maximum Gasteiger partial charge on any atom is 0.335 e. The molecule has 3 nitrogen and oxygen atoms in total. The molecule has 20 heavy (non-hydrogen) atoms. The van der Waals surface area contributed by atoms with Crippen molar-refractivity contribution in [1.82, 2.24) is 0 Å². The van der Waals surface area contributed by atoms with Crippen molar-refractivity contribution >= 4 is 5.97 Å². The van der Waals surface area contributed by atoms with Gasteiger partial charge in [-0.05, 0) is 43.2 Å². The fourth-order valence-electron chi connectivity index (χ4n) is 1.71. The summed E-state index contributed by atoms with van der Waals surface area (Å²) in [4.78, 5) is 10.7. The smallest absolute Gasteiger partial charge is 0.335 e. The van der Waals surface area contributed by atoms with Crippen LogP contribution >= 0.6 is 0 Å². The van der Waals surface area contributed by atoms with E-state index in [2.05, 4.69) is 0 Å². The number of carbonyl (C=O) groups is 1. The van der Waals surface area contributed by atoms with Crippen molar-refractivity contribution in [2.75, 3.05) is 0 Å². The van der Waals surface area contributed by atoms with E-state index in [0.717, 1.165) is 23.3 Å². The van der Waals surface area contributed by atoms with Gasteiger partial charge in [-0.15, -0.1) is 0 Å². The number of halogens is 2. The summed E-state index contributed by atoms with van der Waals surface area (Å²) in [6.07, 6.45) is 0. The molecule has 0 aliphatic carbocycles. The first-order valence-corrected chi connectivity index (χ1v) is 5.86. The lowest BCUT2D eigenvalue weighted by atomic mass is 10.1. The maximum absolute atomic E-state index is 13.8. The minimum atomic E-state index is -1.40. The second-order valence-corrected chi connectivity index (χ2v) is 4.45. The highest BCUT2D eigenvalue weighted by Gasteiger charge is 2.17. The lowest BCUT2D eigenvalue weighted by Gasteiger charge is -2.11. The van der Waals surface area contributed by atoms with E-state index in [0.29, 0.717) is 5.75 Å². The minimum Gasteiger partial charge on any atom is -0.478 e. The molecule has 0 aliphatic rings. The first-order valence-electron chi connectivity index (χ1n) is 5.86. The molecule has 0 heterocycles. The molecule has 0 spiro atoms. The molecule has 0 aromatic heterocycles. The molecule has 0 atom stereocenters. The predicted octanol–water partition coefficient (Wildman–Crippen LogP) is 4.07. The van der Waals surface area contributed by atoms with Crippen LogP contribution in [-0.2, 0) is 0 Å². The monoisotopic (exact) mass is 278 g/mol. The van der Waals surface area contributed by atoms with Gasteiger partial charge in [0.2, 0.25) is 0 Å². The Bertz CT molecular complexity index is 658. The molecule has 0 fully saturated rings. The van der Waals surface area contributed by atoms with Gasteiger partial charge in [0.15, 0.2) is 17.4 Å². The van der Waals surface area contributed by atoms with E-state index in [-0.39, 0.29) is 0 Å². The van der Waals surface area contributed by atoms with E-state index in [1.807, 2.05) is 13.0 Å². The highest BCUT2D eigenvalue weighted by molar-refractivity contribution is 5.87. The van der Waals surface area contributed by atoms with Gasteiger partial charge in [0.05, 0.1) is 5.56 Å². The second-order valence-electron chi connectivity index (χ2n) is 4.45. The van der Waals surface area contributed by atoms with E-state index in [1.54, 1.807) is 19.1 Å². The van der Waals surface area contributed by atoms with Crippen molar-refractivity contribution in [3.63, 3.8) is 0 Å². The van der Waals surface area contributed by atoms with Crippen molar-refractivity contribution in [2.24, 2.45) is 0 Å². The lowest BCUT2D eigenvalue weighted by Crippen LogP contribution is -2.01. The number of aryl methyl sites for hydroxylation is 2. The molecule has 0 unspecified atom stereocenters. The zero-order valence-corrected chi connectivity index (χ0v) is 10.9. The molecule has 2 rings (SSSR count). The molecule has 1 N–H and O–H groups in total. The van der Waals surface area contributed by atoms with Crippen molar-refractivity contribution < 1.29 is 23.4 Å². The van der Waals surface area contributed by atoms with Crippen molar-refractivity contribution in [1.29, 1.82) is 0 Å². The number of carboxylic acids is 1. The molecule has 0 aliphatic heterocycles. The first kappa shape index (κ1) is 14.0. The molecule has 0 amide bonds. The first-order chi connectivity index (χ1) is 9.38. The van der Waals surface area contributed by atoms with E-state index in [9.17, 15) is 13.6 Å².